The Morgan fingerprint density at radius 2 is 1.81 bits per heavy atom. The van der Waals surface area contributed by atoms with Crippen LogP contribution < -0.4 is 10.6 Å². The van der Waals surface area contributed by atoms with Crippen molar-refractivity contribution >= 4 is 23.0 Å². The highest BCUT2D eigenvalue weighted by atomic mass is 16.2. The zero-order valence-corrected chi connectivity index (χ0v) is 15.1. The van der Waals surface area contributed by atoms with Gasteiger partial charge in [-0.25, -0.2) is 4.98 Å². The number of aromatic nitrogens is 2. The van der Waals surface area contributed by atoms with Gasteiger partial charge in [-0.2, -0.15) is 0 Å². The van der Waals surface area contributed by atoms with E-state index in [-0.39, 0.29) is 23.3 Å². The van der Waals surface area contributed by atoms with Crippen LogP contribution in [0.4, 0.5) is 5.69 Å². The third kappa shape index (κ3) is 3.74. The van der Waals surface area contributed by atoms with Gasteiger partial charge < -0.3 is 10.6 Å². The summed E-state index contributed by atoms with van der Waals surface area (Å²) in [6, 6.07) is 12.9. The molecule has 1 aromatic carbocycles. The van der Waals surface area contributed by atoms with Crippen LogP contribution in [0.3, 0.4) is 0 Å². The molecule has 3 rings (SSSR count). The van der Waals surface area contributed by atoms with Crippen LogP contribution >= 0.6 is 0 Å². The van der Waals surface area contributed by atoms with Gasteiger partial charge in [0.25, 0.3) is 11.8 Å². The van der Waals surface area contributed by atoms with E-state index in [1.165, 1.54) is 0 Å². The molecule has 2 aromatic heterocycles. The van der Waals surface area contributed by atoms with Crippen LogP contribution in [0.5, 0.6) is 0 Å². The number of amides is 2. The van der Waals surface area contributed by atoms with Gasteiger partial charge in [-0.1, -0.05) is 37.6 Å². The summed E-state index contributed by atoms with van der Waals surface area (Å²) < 4.78 is 1.64. The lowest BCUT2D eigenvalue weighted by atomic mass is 10.2. The van der Waals surface area contributed by atoms with Gasteiger partial charge >= 0.3 is 0 Å². The molecule has 6 heteroatoms. The predicted octanol–water partition coefficient (Wildman–Crippen LogP) is 3.28. The number of nitrogens with zero attached hydrogens (tertiary/aromatic N) is 2. The molecule has 134 valence electrons. The smallest absolute Gasteiger partial charge is 0.287 e. The maximum atomic E-state index is 12.7. The summed E-state index contributed by atoms with van der Waals surface area (Å²) in [6.07, 6.45) is 1.73. The number of imidazole rings is 1. The first-order chi connectivity index (χ1) is 12.5. The SMILES string of the molecule is Cc1ccc(NC(=O)c2nc(C(=O)NCC(C)C)n3ccccc23)cc1. The number of pyridine rings is 1. The minimum Gasteiger partial charge on any atom is -0.349 e. The fraction of sp³-hybridized carbons (Fsp3) is 0.250. The van der Waals surface area contributed by atoms with Crippen molar-refractivity contribution in [3.63, 3.8) is 0 Å². The van der Waals surface area contributed by atoms with E-state index >= 15 is 0 Å². The Bertz CT molecular complexity index is 942. The number of rotatable bonds is 5. The number of hydrogen-bond donors (Lipinski definition) is 2. The van der Waals surface area contributed by atoms with E-state index in [9.17, 15) is 9.59 Å². The highest BCUT2D eigenvalue weighted by Gasteiger charge is 2.21. The first kappa shape index (κ1) is 17.7. The zero-order chi connectivity index (χ0) is 18.7. The van der Waals surface area contributed by atoms with Crippen LogP contribution in [-0.2, 0) is 0 Å². The number of benzene rings is 1. The van der Waals surface area contributed by atoms with Gasteiger partial charge in [0.2, 0.25) is 5.82 Å². The van der Waals surface area contributed by atoms with E-state index in [0.717, 1.165) is 5.56 Å². The van der Waals surface area contributed by atoms with E-state index in [1.54, 1.807) is 22.7 Å². The van der Waals surface area contributed by atoms with Crippen LogP contribution in [0.1, 0.15) is 40.5 Å². The Morgan fingerprint density at radius 3 is 2.50 bits per heavy atom. The number of nitrogens with one attached hydrogen (secondary N) is 2. The van der Waals surface area contributed by atoms with Crippen molar-refractivity contribution in [2.75, 3.05) is 11.9 Å². The Labute approximate surface area is 152 Å². The topological polar surface area (TPSA) is 75.5 Å². The maximum absolute atomic E-state index is 12.7. The van der Waals surface area contributed by atoms with Gasteiger partial charge in [0, 0.05) is 18.4 Å². The lowest BCUT2D eigenvalue weighted by molar-refractivity contribution is 0.0938. The van der Waals surface area contributed by atoms with E-state index < -0.39 is 0 Å². The lowest BCUT2D eigenvalue weighted by Gasteiger charge is -2.06. The van der Waals surface area contributed by atoms with Crippen molar-refractivity contribution in [1.29, 1.82) is 0 Å². The molecule has 6 nitrogen and oxygen atoms in total. The molecule has 0 spiro atoms. The van der Waals surface area contributed by atoms with Crippen LogP contribution in [0.25, 0.3) is 5.52 Å². The van der Waals surface area contributed by atoms with Gasteiger partial charge in [0.1, 0.15) is 0 Å². The second-order valence-corrected chi connectivity index (χ2v) is 6.66. The molecular weight excluding hydrogens is 328 g/mol. The van der Waals surface area contributed by atoms with Crippen LogP contribution in [0, 0.1) is 12.8 Å². The van der Waals surface area contributed by atoms with Gasteiger partial charge in [0.05, 0.1) is 5.52 Å². The number of aryl methyl sites for hydroxylation is 1. The summed E-state index contributed by atoms with van der Waals surface area (Å²) in [5, 5.41) is 5.68. The van der Waals surface area contributed by atoms with Gasteiger partial charge in [0.15, 0.2) is 5.69 Å². The highest BCUT2D eigenvalue weighted by Crippen LogP contribution is 2.16. The average Bonchev–Trinajstić information content (AvgIpc) is 3.01. The second kappa shape index (κ2) is 7.39. The molecule has 3 aromatic rings. The minimum absolute atomic E-state index is 0.204. The van der Waals surface area contributed by atoms with Crippen molar-refractivity contribution in [3.05, 3.63) is 65.7 Å². The molecular formula is C20H22N4O2. The number of carbonyl (C=O) groups excluding carboxylic acids is 2. The van der Waals surface area contributed by atoms with Gasteiger partial charge in [-0.3, -0.25) is 14.0 Å². The standard InChI is InChI=1S/C20H22N4O2/c1-13(2)12-21-20(26)18-23-17(16-6-4-5-11-24(16)18)19(25)22-15-9-7-14(3)8-10-15/h4-11,13H,12H2,1-3H3,(H,21,26)(H,22,25). The number of hydrogen-bond acceptors (Lipinski definition) is 3. The molecule has 0 saturated heterocycles. The molecule has 2 N–H and O–H groups in total. The second-order valence-electron chi connectivity index (χ2n) is 6.66. The molecule has 26 heavy (non-hydrogen) atoms. The summed E-state index contributed by atoms with van der Waals surface area (Å²) in [5.74, 6) is -0.112. The van der Waals surface area contributed by atoms with Crippen molar-refractivity contribution in [2.24, 2.45) is 5.92 Å². The third-order valence-electron chi connectivity index (χ3n) is 3.95. The molecule has 0 bridgehead atoms. The van der Waals surface area contributed by atoms with Gasteiger partial charge in [-0.05, 0) is 37.1 Å². The molecule has 0 radical (unpaired) electrons. The van der Waals surface area contributed by atoms with E-state index in [0.29, 0.717) is 23.7 Å². The van der Waals surface area contributed by atoms with Gasteiger partial charge in [-0.15, -0.1) is 0 Å². The average molecular weight is 350 g/mol. The first-order valence-electron chi connectivity index (χ1n) is 8.59. The van der Waals surface area contributed by atoms with Crippen LogP contribution in [0.2, 0.25) is 0 Å². The normalized spacial score (nSPS) is 10.9. The molecule has 0 atom stereocenters. The van der Waals surface area contributed by atoms with Crippen molar-refractivity contribution < 1.29 is 9.59 Å². The molecule has 0 aliphatic rings. The quantitative estimate of drug-likeness (QED) is 0.741. The molecule has 0 aliphatic carbocycles. The summed E-state index contributed by atoms with van der Waals surface area (Å²) >= 11 is 0. The zero-order valence-electron chi connectivity index (χ0n) is 15.1. The van der Waals surface area contributed by atoms with E-state index in [4.69, 9.17) is 0 Å². The molecule has 0 unspecified atom stereocenters. The Balaban J connectivity index is 1.92. The molecule has 0 aliphatic heterocycles. The number of fused-ring (bicyclic) bond motifs is 1. The van der Waals surface area contributed by atoms with Crippen LogP contribution in [0.15, 0.2) is 48.7 Å². The molecule has 0 fully saturated rings. The largest absolute Gasteiger partial charge is 0.349 e. The maximum Gasteiger partial charge on any atom is 0.287 e. The lowest BCUT2D eigenvalue weighted by Crippen LogP contribution is -2.29. The highest BCUT2D eigenvalue weighted by molar-refractivity contribution is 6.08. The predicted molar refractivity (Wildman–Crippen MR) is 101 cm³/mol. The van der Waals surface area contributed by atoms with E-state index in [2.05, 4.69) is 15.6 Å². The minimum atomic E-state index is -0.347. The Morgan fingerprint density at radius 1 is 1.08 bits per heavy atom. The summed E-state index contributed by atoms with van der Waals surface area (Å²) in [5.41, 5.74) is 2.61. The number of anilines is 1. The number of carbonyl (C=O) groups is 2. The first-order valence-corrected chi connectivity index (χ1v) is 8.59. The molecule has 0 saturated carbocycles. The molecule has 2 heterocycles. The van der Waals surface area contributed by atoms with Crippen LogP contribution in [-0.4, -0.2) is 27.7 Å². The summed E-state index contributed by atoms with van der Waals surface area (Å²) in [6.45, 7) is 6.57. The van der Waals surface area contributed by atoms with E-state index in [1.807, 2.05) is 51.1 Å². The Hall–Kier alpha value is -3.15. The van der Waals surface area contributed by atoms with Crippen molar-refractivity contribution in [1.82, 2.24) is 14.7 Å². The fourth-order valence-corrected chi connectivity index (χ4v) is 2.57. The molecule has 2 amide bonds. The van der Waals surface area contributed by atoms with Crippen molar-refractivity contribution in [3.8, 4) is 0 Å². The summed E-state index contributed by atoms with van der Waals surface area (Å²) in [4.78, 5) is 29.5. The Kier molecular flexibility index (Phi) is 5.02. The summed E-state index contributed by atoms with van der Waals surface area (Å²) in [7, 11) is 0. The fourth-order valence-electron chi connectivity index (χ4n) is 2.57. The van der Waals surface area contributed by atoms with Crippen molar-refractivity contribution in [2.45, 2.75) is 20.8 Å². The third-order valence-corrected chi connectivity index (χ3v) is 3.95. The monoisotopic (exact) mass is 350 g/mol.